The normalized spacial score (nSPS) is 16.2. The molecule has 25 heavy (non-hydrogen) atoms. The molecule has 0 amide bonds. The highest BCUT2D eigenvalue weighted by atomic mass is 79.9. The first-order chi connectivity index (χ1) is 12.0. The van der Waals surface area contributed by atoms with Crippen LogP contribution in [0.5, 0.6) is 0 Å². The van der Waals surface area contributed by atoms with E-state index >= 15 is 0 Å². The molecule has 2 rings (SSSR count). The molecular formula is C22H28Br2O. The Hall–Kier alpha value is -0.640. The molecule has 1 nitrogen and oxygen atoms in total. The monoisotopic (exact) mass is 466 g/mol. The molecule has 2 atom stereocenters. The molecule has 0 spiro atoms. The first-order valence-corrected chi connectivity index (χ1v) is 11.1. The van der Waals surface area contributed by atoms with Gasteiger partial charge < -0.3 is 4.74 Å². The Morgan fingerprint density at radius 1 is 0.680 bits per heavy atom. The molecule has 2 unspecified atom stereocenters. The van der Waals surface area contributed by atoms with E-state index in [2.05, 4.69) is 106 Å². The van der Waals surface area contributed by atoms with E-state index < -0.39 is 0 Å². The van der Waals surface area contributed by atoms with E-state index in [4.69, 9.17) is 4.74 Å². The number of alkyl halides is 2. The minimum Gasteiger partial charge on any atom is -0.368 e. The topological polar surface area (TPSA) is 9.23 Å². The van der Waals surface area contributed by atoms with Crippen molar-refractivity contribution in [3.8, 4) is 0 Å². The average Bonchev–Trinajstić information content (AvgIpc) is 2.56. The van der Waals surface area contributed by atoms with E-state index in [9.17, 15) is 0 Å². The Bertz CT molecular complexity index is 561. The van der Waals surface area contributed by atoms with Gasteiger partial charge in [-0.05, 0) is 37.8 Å². The van der Waals surface area contributed by atoms with E-state index in [1.54, 1.807) is 0 Å². The minimum absolute atomic E-state index is 0.198. The summed E-state index contributed by atoms with van der Waals surface area (Å²) >= 11 is 7.25. The second kappa shape index (κ2) is 9.89. The number of hydrogen-bond acceptors (Lipinski definition) is 1. The van der Waals surface area contributed by atoms with Crippen LogP contribution >= 0.6 is 31.9 Å². The Labute approximate surface area is 169 Å². The largest absolute Gasteiger partial charge is 0.368 e. The highest BCUT2D eigenvalue weighted by molar-refractivity contribution is 9.09. The molecule has 2 aromatic carbocycles. The Morgan fingerprint density at radius 3 is 1.36 bits per heavy atom. The van der Waals surface area contributed by atoms with Crippen LogP contribution in [0.2, 0.25) is 0 Å². The van der Waals surface area contributed by atoms with Gasteiger partial charge in [-0.2, -0.15) is 0 Å². The highest BCUT2D eigenvalue weighted by Crippen LogP contribution is 2.33. The lowest BCUT2D eigenvalue weighted by molar-refractivity contribution is -0.142. The fourth-order valence-electron chi connectivity index (χ4n) is 3.40. The maximum absolute atomic E-state index is 6.85. The molecule has 0 saturated heterocycles. The van der Waals surface area contributed by atoms with Crippen LogP contribution in [0.3, 0.4) is 0 Å². The summed E-state index contributed by atoms with van der Waals surface area (Å²) in [7, 11) is 0. The molecule has 0 aliphatic heterocycles. The predicted molar refractivity (Wildman–Crippen MR) is 115 cm³/mol. The lowest BCUT2D eigenvalue weighted by Gasteiger charge is -2.41. The summed E-state index contributed by atoms with van der Waals surface area (Å²) in [5.74, 6) is 0. The van der Waals surface area contributed by atoms with E-state index in [0.717, 1.165) is 36.3 Å². The molecule has 2 aromatic rings. The molecule has 0 aliphatic rings. The van der Waals surface area contributed by atoms with E-state index in [1.165, 1.54) is 11.1 Å². The van der Waals surface area contributed by atoms with Crippen molar-refractivity contribution in [2.45, 2.75) is 50.7 Å². The molecule has 0 fully saturated rings. The zero-order valence-corrected chi connectivity index (χ0v) is 18.4. The standard InChI is InChI=1S/C22H28Br2O/c1-21(13-15-23,17-19-9-5-3-6-10-19)25-22(2,14-16-24)18-20-11-7-4-8-12-20/h3-12H,13-18H2,1-2H3. The van der Waals surface area contributed by atoms with Gasteiger partial charge in [-0.1, -0.05) is 92.5 Å². The summed E-state index contributed by atoms with van der Waals surface area (Å²) in [5, 5.41) is 1.87. The van der Waals surface area contributed by atoms with Crippen molar-refractivity contribution in [3.05, 3.63) is 71.8 Å². The Morgan fingerprint density at radius 2 is 1.04 bits per heavy atom. The van der Waals surface area contributed by atoms with Gasteiger partial charge in [0.05, 0.1) is 11.2 Å². The molecule has 0 aromatic heterocycles. The molecule has 0 radical (unpaired) electrons. The van der Waals surface area contributed by atoms with E-state index in [0.29, 0.717) is 0 Å². The first kappa shape index (κ1) is 20.7. The summed E-state index contributed by atoms with van der Waals surface area (Å²) in [6, 6.07) is 21.3. The maximum Gasteiger partial charge on any atom is 0.0710 e. The lowest BCUT2D eigenvalue weighted by atomic mass is 9.89. The first-order valence-electron chi connectivity index (χ1n) is 8.89. The van der Waals surface area contributed by atoms with Crippen LogP contribution in [-0.2, 0) is 17.6 Å². The van der Waals surface area contributed by atoms with Gasteiger partial charge in [-0.25, -0.2) is 0 Å². The molecule has 0 aliphatic carbocycles. The number of ether oxygens (including phenoxy) is 1. The SMILES string of the molecule is CC(CCBr)(Cc1ccccc1)OC(C)(CCBr)Cc1ccccc1. The third-order valence-corrected chi connectivity index (χ3v) is 5.37. The van der Waals surface area contributed by atoms with Crippen LogP contribution in [0.15, 0.2) is 60.7 Å². The van der Waals surface area contributed by atoms with E-state index in [-0.39, 0.29) is 11.2 Å². The van der Waals surface area contributed by atoms with Crippen molar-refractivity contribution in [3.63, 3.8) is 0 Å². The van der Waals surface area contributed by atoms with Crippen LogP contribution in [0.4, 0.5) is 0 Å². The second-order valence-corrected chi connectivity index (χ2v) is 8.79. The molecule has 0 N–H and O–H groups in total. The second-order valence-electron chi connectivity index (χ2n) is 7.20. The lowest BCUT2D eigenvalue weighted by Crippen LogP contribution is -2.44. The number of hydrogen-bond donors (Lipinski definition) is 0. The average molecular weight is 468 g/mol. The number of rotatable bonds is 10. The molecular weight excluding hydrogens is 440 g/mol. The summed E-state index contributed by atoms with van der Waals surface area (Å²) in [4.78, 5) is 0. The van der Waals surface area contributed by atoms with Crippen molar-refractivity contribution in [1.29, 1.82) is 0 Å². The van der Waals surface area contributed by atoms with Gasteiger partial charge in [0.2, 0.25) is 0 Å². The van der Waals surface area contributed by atoms with Gasteiger partial charge >= 0.3 is 0 Å². The van der Waals surface area contributed by atoms with Crippen molar-refractivity contribution in [1.82, 2.24) is 0 Å². The van der Waals surface area contributed by atoms with Crippen molar-refractivity contribution in [2.24, 2.45) is 0 Å². The summed E-state index contributed by atoms with van der Waals surface area (Å²) in [5.41, 5.74) is 2.26. The van der Waals surface area contributed by atoms with Crippen LogP contribution in [0, 0.1) is 0 Å². The predicted octanol–water partition coefficient (Wildman–Crippen LogP) is 6.58. The van der Waals surface area contributed by atoms with Gasteiger partial charge in [-0.3, -0.25) is 0 Å². The van der Waals surface area contributed by atoms with Crippen LogP contribution in [0.1, 0.15) is 37.8 Å². The van der Waals surface area contributed by atoms with Crippen molar-refractivity contribution in [2.75, 3.05) is 10.7 Å². The van der Waals surface area contributed by atoms with Gasteiger partial charge in [0.25, 0.3) is 0 Å². The quantitative estimate of drug-likeness (QED) is 0.358. The summed E-state index contributed by atoms with van der Waals surface area (Å²) in [6.45, 7) is 4.50. The fourth-order valence-corrected chi connectivity index (χ4v) is 5.08. The zero-order chi connectivity index (χ0) is 18.2. The van der Waals surface area contributed by atoms with Crippen LogP contribution < -0.4 is 0 Å². The van der Waals surface area contributed by atoms with Crippen LogP contribution in [0.25, 0.3) is 0 Å². The molecule has 0 saturated carbocycles. The molecule has 0 heterocycles. The molecule has 136 valence electrons. The third kappa shape index (κ3) is 6.88. The molecule has 0 bridgehead atoms. The maximum atomic E-state index is 6.85. The van der Waals surface area contributed by atoms with Gasteiger partial charge in [0.1, 0.15) is 0 Å². The van der Waals surface area contributed by atoms with Gasteiger partial charge in [0, 0.05) is 23.5 Å². The third-order valence-electron chi connectivity index (χ3n) is 4.58. The Kier molecular flexibility index (Phi) is 8.18. The smallest absolute Gasteiger partial charge is 0.0710 e. The van der Waals surface area contributed by atoms with Crippen molar-refractivity contribution >= 4 is 31.9 Å². The molecule has 3 heteroatoms. The number of halogens is 2. The zero-order valence-electron chi connectivity index (χ0n) is 15.2. The van der Waals surface area contributed by atoms with E-state index in [1.807, 2.05) is 0 Å². The number of benzene rings is 2. The summed E-state index contributed by atoms with van der Waals surface area (Å²) < 4.78 is 6.85. The minimum atomic E-state index is -0.198. The summed E-state index contributed by atoms with van der Waals surface area (Å²) in [6.07, 6.45) is 3.81. The Balaban J connectivity index is 2.19. The van der Waals surface area contributed by atoms with Gasteiger partial charge in [0.15, 0.2) is 0 Å². The van der Waals surface area contributed by atoms with Crippen molar-refractivity contribution < 1.29 is 4.74 Å². The van der Waals surface area contributed by atoms with Crippen LogP contribution in [-0.4, -0.2) is 21.9 Å². The van der Waals surface area contributed by atoms with Gasteiger partial charge in [-0.15, -0.1) is 0 Å². The highest BCUT2D eigenvalue weighted by Gasteiger charge is 2.35. The fraction of sp³-hybridized carbons (Fsp3) is 0.455.